The highest BCUT2D eigenvalue weighted by Gasteiger charge is 2.18. The monoisotopic (exact) mass is 388 g/mol. The quantitative estimate of drug-likeness (QED) is 0.289. The summed E-state index contributed by atoms with van der Waals surface area (Å²) in [6.07, 6.45) is 1.66. The first-order chi connectivity index (χ1) is 13.2. The molecule has 144 valence electrons. The van der Waals surface area contributed by atoms with Gasteiger partial charge in [0.15, 0.2) is 5.71 Å². The lowest BCUT2D eigenvalue weighted by Gasteiger charge is -2.14. The molecule has 0 bridgehead atoms. The predicted octanol–water partition coefficient (Wildman–Crippen LogP) is 4.06. The van der Waals surface area contributed by atoms with Crippen molar-refractivity contribution in [3.05, 3.63) is 65.2 Å². The van der Waals surface area contributed by atoms with E-state index in [9.17, 15) is 4.79 Å². The molecule has 0 aliphatic rings. The second kappa shape index (κ2) is 11.2. The number of unbranched alkanes of at least 4 members (excludes halogenated alkanes) is 1. The molecule has 1 N–H and O–H groups in total. The van der Waals surface area contributed by atoms with Crippen LogP contribution in [-0.4, -0.2) is 31.2 Å². The van der Waals surface area contributed by atoms with Gasteiger partial charge < -0.3 is 14.9 Å². The van der Waals surface area contributed by atoms with E-state index in [0.717, 1.165) is 29.7 Å². The predicted molar refractivity (Wildman–Crippen MR) is 108 cm³/mol. The van der Waals surface area contributed by atoms with E-state index >= 15 is 0 Å². The van der Waals surface area contributed by atoms with Gasteiger partial charge in [0.25, 0.3) is 5.91 Å². The summed E-state index contributed by atoms with van der Waals surface area (Å²) in [5, 5.41) is 6.81. The fraction of sp³-hybridized carbons (Fsp3) is 0.333. The topological polar surface area (TPSA) is 59.9 Å². The Balaban J connectivity index is 2.16. The van der Waals surface area contributed by atoms with Crippen molar-refractivity contribution in [1.29, 1.82) is 0 Å². The number of hydrogen-bond donors (Lipinski definition) is 1. The van der Waals surface area contributed by atoms with Gasteiger partial charge in [-0.2, -0.15) is 0 Å². The maximum absolute atomic E-state index is 12.6. The number of carbonyl (C=O) groups is 1. The molecule has 0 radical (unpaired) electrons. The minimum atomic E-state index is -0.283. The zero-order valence-corrected chi connectivity index (χ0v) is 16.5. The Morgan fingerprint density at radius 3 is 2.59 bits per heavy atom. The highest BCUT2D eigenvalue weighted by molar-refractivity contribution is 6.45. The van der Waals surface area contributed by atoms with Crippen LogP contribution >= 0.6 is 11.6 Å². The zero-order chi connectivity index (χ0) is 19.5. The lowest BCUT2D eigenvalue weighted by atomic mass is 10.0. The second-order valence-corrected chi connectivity index (χ2v) is 6.36. The van der Waals surface area contributed by atoms with Crippen LogP contribution in [0.5, 0.6) is 5.75 Å². The van der Waals surface area contributed by atoms with Crippen molar-refractivity contribution in [2.45, 2.75) is 26.4 Å². The number of amides is 1. The van der Waals surface area contributed by atoms with Crippen molar-refractivity contribution < 1.29 is 14.4 Å². The number of ether oxygens (including phenoxy) is 1. The Kier molecular flexibility index (Phi) is 8.65. The van der Waals surface area contributed by atoms with E-state index in [1.165, 1.54) is 7.11 Å². The van der Waals surface area contributed by atoms with Gasteiger partial charge in [-0.25, -0.2) is 0 Å². The van der Waals surface area contributed by atoms with Crippen molar-refractivity contribution in [2.75, 3.05) is 19.5 Å². The first kappa shape index (κ1) is 20.8. The summed E-state index contributed by atoms with van der Waals surface area (Å²) >= 11 is 5.67. The van der Waals surface area contributed by atoms with Gasteiger partial charge in [-0.1, -0.05) is 47.6 Å². The number of aryl methyl sites for hydroxylation is 1. The van der Waals surface area contributed by atoms with Crippen LogP contribution in [0.25, 0.3) is 0 Å². The van der Waals surface area contributed by atoms with E-state index < -0.39 is 0 Å². The van der Waals surface area contributed by atoms with E-state index in [2.05, 4.69) is 10.5 Å². The van der Waals surface area contributed by atoms with Gasteiger partial charge in [0.05, 0.1) is 0 Å². The second-order valence-electron chi connectivity index (χ2n) is 5.99. The molecular formula is C21H25ClN2O3. The molecule has 2 aromatic carbocycles. The molecule has 1 amide bonds. The number of nitrogens with zero attached hydrogens (tertiary/aromatic N) is 1. The molecule has 0 fully saturated rings. The Morgan fingerprint density at radius 1 is 1.11 bits per heavy atom. The van der Waals surface area contributed by atoms with Gasteiger partial charge in [0, 0.05) is 18.0 Å². The fourth-order valence-corrected chi connectivity index (χ4v) is 2.75. The van der Waals surface area contributed by atoms with Gasteiger partial charge in [0.2, 0.25) is 0 Å². The highest BCUT2D eigenvalue weighted by atomic mass is 35.5. The summed E-state index contributed by atoms with van der Waals surface area (Å²) in [6, 6.07) is 15.3. The summed E-state index contributed by atoms with van der Waals surface area (Å²) in [5.74, 6) is 1.10. The SMILES string of the molecule is CON=C(C(=O)NCCCCCl)c1ccccc1COc1ccccc1C. The van der Waals surface area contributed by atoms with Gasteiger partial charge in [0.1, 0.15) is 19.5 Å². The summed E-state index contributed by atoms with van der Waals surface area (Å²) < 4.78 is 5.94. The van der Waals surface area contributed by atoms with Crippen molar-refractivity contribution in [3.63, 3.8) is 0 Å². The summed E-state index contributed by atoms with van der Waals surface area (Å²) in [4.78, 5) is 17.5. The standard InChI is InChI=1S/C21H25ClN2O3/c1-16-9-3-6-12-19(16)27-15-17-10-4-5-11-18(17)20(24-26-2)21(25)23-14-8-7-13-22/h3-6,9-12H,7-8,13-15H2,1-2H3,(H,23,25). The van der Waals surface area contributed by atoms with Crippen molar-refractivity contribution in [1.82, 2.24) is 5.32 Å². The lowest BCUT2D eigenvalue weighted by molar-refractivity contribution is -0.114. The largest absolute Gasteiger partial charge is 0.489 e. The molecular weight excluding hydrogens is 364 g/mol. The summed E-state index contributed by atoms with van der Waals surface area (Å²) in [6.45, 7) is 2.85. The van der Waals surface area contributed by atoms with Crippen LogP contribution in [0.15, 0.2) is 53.7 Å². The van der Waals surface area contributed by atoms with Crippen molar-refractivity contribution in [3.8, 4) is 5.75 Å². The van der Waals surface area contributed by atoms with Gasteiger partial charge in [-0.15, -0.1) is 11.6 Å². The molecule has 0 spiro atoms. The molecule has 0 atom stereocenters. The lowest BCUT2D eigenvalue weighted by Crippen LogP contribution is -2.33. The van der Waals surface area contributed by atoms with Gasteiger partial charge in [-0.3, -0.25) is 4.79 Å². The third-order valence-electron chi connectivity index (χ3n) is 3.99. The maximum Gasteiger partial charge on any atom is 0.273 e. The summed E-state index contributed by atoms with van der Waals surface area (Å²) in [7, 11) is 1.42. The van der Waals surface area contributed by atoms with Crippen LogP contribution in [0.2, 0.25) is 0 Å². The molecule has 0 heterocycles. The van der Waals surface area contributed by atoms with Crippen molar-refractivity contribution >= 4 is 23.2 Å². The zero-order valence-electron chi connectivity index (χ0n) is 15.7. The highest BCUT2D eigenvalue weighted by Crippen LogP contribution is 2.19. The van der Waals surface area contributed by atoms with E-state index in [-0.39, 0.29) is 11.6 Å². The number of benzene rings is 2. The Bertz CT molecular complexity index is 778. The smallest absolute Gasteiger partial charge is 0.273 e. The minimum absolute atomic E-state index is 0.229. The average Bonchev–Trinajstić information content (AvgIpc) is 2.69. The van der Waals surface area contributed by atoms with E-state index in [0.29, 0.717) is 24.6 Å². The molecule has 0 unspecified atom stereocenters. The third kappa shape index (κ3) is 6.29. The minimum Gasteiger partial charge on any atom is -0.489 e. The molecule has 0 aromatic heterocycles. The molecule has 0 aliphatic carbocycles. The number of halogens is 1. The first-order valence-corrected chi connectivity index (χ1v) is 9.42. The Hall–Kier alpha value is -2.53. The summed E-state index contributed by atoms with van der Waals surface area (Å²) in [5.41, 5.74) is 2.82. The normalized spacial score (nSPS) is 11.1. The number of para-hydroxylation sites is 1. The van der Waals surface area contributed by atoms with Crippen LogP contribution in [0, 0.1) is 6.92 Å². The van der Waals surface area contributed by atoms with E-state index in [1.54, 1.807) is 0 Å². The molecule has 27 heavy (non-hydrogen) atoms. The van der Waals surface area contributed by atoms with Crippen LogP contribution < -0.4 is 10.1 Å². The molecule has 0 aliphatic heterocycles. The van der Waals surface area contributed by atoms with Gasteiger partial charge in [-0.05, 0) is 37.0 Å². The number of hydrogen-bond acceptors (Lipinski definition) is 4. The van der Waals surface area contributed by atoms with Crippen LogP contribution in [0.3, 0.4) is 0 Å². The Morgan fingerprint density at radius 2 is 1.85 bits per heavy atom. The Labute approximate surface area is 165 Å². The number of rotatable bonds is 10. The van der Waals surface area contributed by atoms with Gasteiger partial charge >= 0.3 is 0 Å². The number of nitrogens with one attached hydrogen (secondary N) is 1. The van der Waals surface area contributed by atoms with E-state index in [4.69, 9.17) is 21.2 Å². The van der Waals surface area contributed by atoms with Crippen molar-refractivity contribution in [2.24, 2.45) is 5.16 Å². The van der Waals surface area contributed by atoms with Crippen LogP contribution in [0.4, 0.5) is 0 Å². The maximum atomic E-state index is 12.6. The number of carbonyl (C=O) groups excluding carboxylic acids is 1. The van der Waals surface area contributed by atoms with E-state index in [1.807, 2.05) is 55.5 Å². The molecule has 2 rings (SSSR count). The molecule has 0 saturated heterocycles. The fourth-order valence-electron chi connectivity index (χ4n) is 2.56. The first-order valence-electron chi connectivity index (χ1n) is 8.89. The van der Waals surface area contributed by atoms with Crippen LogP contribution in [0.1, 0.15) is 29.5 Å². The number of alkyl halides is 1. The molecule has 5 nitrogen and oxygen atoms in total. The number of oxime groups is 1. The van der Waals surface area contributed by atoms with Crippen LogP contribution in [-0.2, 0) is 16.2 Å². The molecule has 2 aromatic rings. The average molecular weight is 389 g/mol. The third-order valence-corrected chi connectivity index (χ3v) is 4.26. The molecule has 0 saturated carbocycles. The molecule has 6 heteroatoms.